The number of carbonyl (C=O) groups excluding carboxylic acids is 1. The fourth-order valence-electron chi connectivity index (χ4n) is 3.11. The highest BCUT2D eigenvalue weighted by Crippen LogP contribution is 2.21. The maximum absolute atomic E-state index is 12.6. The summed E-state index contributed by atoms with van der Waals surface area (Å²) in [5.74, 6) is 0.771. The molecule has 1 atom stereocenters. The van der Waals surface area contributed by atoms with Crippen LogP contribution in [0.25, 0.3) is 0 Å². The summed E-state index contributed by atoms with van der Waals surface area (Å²) in [6, 6.07) is 0. The van der Waals surface area contributed by atoms with E-state index >= 15 is 0 Å². The van der Waals surface area contributed by atoms with Gasteiger partial charge in [-0.15, -0.1) is 5.10 Å². The molecule has 1 aliphatic heterocycles. The third-order valence-corrected chi connectivity index (χ3v) is 4.61. The van der Waals surface area contributed by atoms with E-state index in [2.05, 4.69) is 20.6 Å². The molecule has 1 amide bonds. The van der Waals surface area contributed by atoms with Gasteiger partial charge in [0, 0.05) is 32.8 Å². The zero-order valence-corrected chi connectivity index (χ0v) is 14.6. The van der Waals surface area contributed by atoms with E-state index in [1.807, 2.05) is 30.5 Å². The van der Waals surface area contributed by atoms with Crippen LogP contribution in [-0.4, -0.2) is 60.5 Å². The van der Waals surface area contributed by atoms with Crippen molar-refractivity contribution in [2.45, 2.75) is 32.8 Å². The molecule has 0 bridgehead atoms. The molecule has 1 fully saturated rings. The molecule has 0 aliphatic carbocycles. The number of nitrogens with zero attached hydrogens (tertiary/aromatic N) is 7. The zero-order chi connectivity index (χ0) is 17.3. The SMILES string of the molecule is Cc1nn(C)c(C)c1CCC(=O)N1CCOC(c2nnnn2C)C1. The standard InChI is InChI=1S/C15H23N7O2/c1-10-12(11(2)20(3)17-10)5-6-14(23)22-7-8-24-13(9-22)15-16-18-19-21(15)4/h13H,5-9H2,1-4H3. The number of carbonyl (C=O) groups is 1. The normalized spacial score (nSPS) is 18.2. The lowest BCUT2D eigenvalue weighted by Gasteiger charge is -2.32. The lowest BCUT2D eigenvalue weighted by Crippen LogP contribution is -2.43. The Bertz CT molecular complexity index is 736. The van der Waals surface area contributed by atoms with E-state index in [0.717, 1.165) is 17.0 Å². The molecule has 0 spiro atoms. The lowest BCUT2D eigenvalue weighted by atomic mass is 10.1. The van der Waals surface area contributed by atoms with Crippen molar-refractivity contribution < 1.29 is 9.53 Å². The topological polar surface area (TPSA) is 91.0 Å². The van der Waals surface area contributed by atoms with E-state index < -0.39 is 0 Å². The highest BCUT2D eigenvalue weighted by molar-refractivity contribution is 5.76. The summed E-state index contributed by atoms with van der Waals surface area (Å²) in [5.41, 5.74) is 3.27. The van der Waals surface area contributed by atoms with Crippen LogP contribution in [0, 0.1) is 13.8 Å². The number of hydrogen-bond acceptors (Lipinski definition) is 6. The van der Waals surface area contributed by atoms with Gasteiger partial charge in [0.15, 0.2) is 5.82 Å². The second-order valence-corrected chi connectivity index (χ2v) is 6.13. The van der Waals surface area contributed by atoms with Crippen LogP contribution in [0.15, 0.2) is 0 Å². The quantitative estimate of drug-likeness (QED) is 0.788. The van der Waals surface area contributed by atoms with Crippen molar-refractivity contribution in [2.75, 3.05) is 19.7 Å². The molecule has 2 aromatic rings. The third kappa shape index (κ3) is 3.16. The maximum Gasteiger partial charge on any atom is 0.223 e. The molecular formula is C15H23N7O2. The van der Waals surface area contributed by atoms with Crippen LogP contribution in [0.3, 0.4) is 0 Å². The van der Waals surface area contributed by atoms with Gasteiger partial charge in [-0.3, -0.25) is 9.48 Å². The Labute approximate surface area is 140 Å². The number of tetrazole rings is 1. The van der Waals surface area contributed by atoms with Crippen LogP contribution in [0.4, 0.5) is 0 Å². The number of aryl methyl sites for hydroxylation is 3. The Kier molecular flexibility index (Phi) is 4.61. The van der Waals surface area contributed by atoms with Gasteiger partial charge in [0.05, 0.1) is 18.8 Å². The Balaban J connectivity index is 1.61. The highest BCUT2D eigenvalue weighted by Gasteiger charge is 2.28. The molecule has 3 heterocycles. The fourth-order valence-corrected chi connectivity index (χ4v) is 3.11. The van der Waals surface area contributed by atoms with Gasteiger partial charge in [0.1, 0.15) is 6.10 Å². The average molecular weight is 333 g/mol. The largest absolute Gasteiger partial charge is 0.366 e. The number of aromatic nitrogens is 6. The molecule has 24 heavy (non-hydrogen) atoms. The predicted molar refractivity (Wildman–Crippen MR) is 85.1 cm³/mol. The third-order valence-electron chi connectivity index (χ3n) is 4.61. The molecule has 3 rings (SSSR count). The molecule has 130 valence electrons. The minimum absolute atomic E-state index is 0.126. The van der Waals surface area contributed by atoms with Gasteiger partial charge in [-0.25, -0.2) is 4.68 Å². The number of rotatable bonds is 4. The fraction of sp³-hybridized carbons (Fsp3) is 0.667. The van der Waals surface area contributed by atoms with Crippen molar-refractivity contribution >= 4 is 5.91 Å². The smallest absolute Gasteiger partial charge is 0.223 e. The average Bonchev–Trinajstić information content (AvgIpc) is 3.09. The first kappa shape index (κ1) is 16.6. The summed E-state index contributed by atoms with van der Waals surface area (Å²) >= 11 is 0. The lowest BCUT2D eigenvalue weighted by molar-refractivity contribution is -0.139. The van der Waals surface area contributed by atoms with E-state index in [1.165, 1.54) is 0 Å². The van der Waals surface area contributed by atoms with E-state index in [1.54, 1.807) is 11.7 Å². The van der Waals surface area contributed by atoms with Gasteiger partial charge < -0.3 is 9.64 Å². The molecule has 1 unspecified atom stereocenters. The Morgan fingerprint density at radius 3 is 2.71 bits per heavy atom. The second-order valence-electron chi connectivity index (χ2n) is 6.13. The van der Waals surface area contributed by atoms with E-state index in [-0.39, 0.29) is 12.0 Å². The van der Waals surface area contributed by atoms with Gasteiger partial charge >= 0.3 is 0 Å². The molecule has 2 aromatic heterocycles. The van der Waals surface area contributed by atoms with Crippen molar-refractivity contribution in [3.8, 4) is 0 Å². The molecule has 0 aromatic carbocycles. The maximum atomic E-state index is 12.6. The van der Waals surface area contributed by atoms with Crippen LogP contribution in [-0.2, 0) is 30.0 Å². The minimum Gasteiger partial charge on any atom is -0.366 e. The number of amides is 1. The highest BCUT2D eigenvalue weighted by atomic mass is 16.5. The summed E-state index contributed by atoms with van der Waals surface area (Å²) in [4.78, 5) is 14.4. The first-order chi connectivity index (χ1) is 11.5. The number of ether oxygens (including phenoxy) is 1. The number of hydrogen-bond donors (Lipinski definition) is 0. The van der Waals surface area contributed by atoms with Gasteiger partial charge in [-0.2, -0.15) is 5.10 Å². The van der Waals surface area contributed by atoms with Gasteiger partial charge in [0.2, 0.25) is 5.91 Å². The van der Waals surface area contributed by atoms with Crippen molar-refractivity contribution in [3.05, 3.63) is 22.8 Å². The van der Waals surface area contributed by atoms with Gasteiger partial charge in [0.25, 0.3) is 0 Å². The van der Waals surface area contributed by atoms with Crippen molar-refractivity contribution in [1.29, 1.82) is 0 Å². The molecule has 9 heteroatoms. The van der Waals surface area contributed by atoms with Crippen molar-refractivity contribution in [2.24, 2.45) is 14.1 Å². The summed E-state index contributed by atoms with van der Waals surface area (Å²) in [6.07, 6.45) is 0.902. The van der Waals surface area contributed by atoms with Crippen molar-refractivity contribution in [1.82, 2.24) is 34.9 Å². The molecule has 1 aliphatic rings. The molecule has 0 radical (unpaired) electrons. The first-order valence-corrected chi connectivity index (χ1v) is 8.08. The molecule has 0 saturated carbocycles. The van der Waals surface area contributed by atoms with Crippen LogP contribution in [0.2, 0.25) is 0 Å². The minimum atomic E-state index is -0.274. The monoisotopic (exact) mass is 333 g/mol. The second kappa shape index (κ2) is 6.68. The Morgan fingerprint density at radius 1 is 1.29 bits per heavy atom. The van der Waals surface area contributed by atoms with Gasteiger partial charge in [-0.1, -0.05) is 0 Å². The first-order valence-electron chi connectivity index (χ1n) is 8.08. The van der Waals surface area contributed by atoms with Crippen LogP contribution < -0.4 is 0 Å². The van der Waals surface area contributed by atoms with Gasteiger partial charge in [-0.05, 0) is 36.3 Å². The van der Waals surface area contributed by atoms with E-state index in [4.69, 9.17) is 4.74 Å². The molecule has 1 saturated heterocycles. The van der Waals surface area contributed by atoms with E-state index in [0.29, 0.717) is 38.4 Å². The summed E-state index contributed by atoms with van der Waals surface area (Å²) in [7, 11) is 3.70. The predicted octanol–water partition coefficient (Wildman–Crippen LogP) is 0.0931. The number of morpholine rings is 1. The molecule has 0 N–H and O–H groups in total. The molecule has 9 nitrogen and oxygen atoms in total. The molecular weight excluding hydrogens is 310 g/mol. The van der Waals surface area contributed by atoms with Crippen molar-refractivity contribution in [3.63, 3.8) is 0 Å². The van der Waals surface area contributed by atoms with E-state index in [9.17, 15) is 4.79 Å². The van der Waals surface area contributed by atoms with Crippen LogP contribution in [0.5, 0.6) is 0 Å². The van der Waals surface area contributed by atoms with Crippen LogP contribution >= 0.6 is 0 Å². The van der Waals surface area contributed by atoms with Crippen LogP contribution in [0.1, 0.15) is 35.3 Å². The zero-order valence-electron chi connectivity index (χ0n) is 14.6. The summed E-state index contributed by atoms with van der Waals surface area (Å²) in [6.45, 7) is 5.60. The Hall–Kier alpha value is -2.29. The summed E-state index contributed by atoms with van der Waals surface area (Å²) < 4.78 is 9.16. The Morgan fingerprint density at radius 2 is 2.08 bits per heavy atom. The summed E-state index contributed by atoms with van der Waals surface area (Å²) in [5, 5.41) is 15.8.